The maximum absolute atomic E-state index is 11.9. The lowest BCUT2D eigenvalue weighted by Crippen LogP contribution is -2.28. The van der Waals surface area contributed by atoms with Crippen LogP contribution in [0.5, 0.6) is 0 Å². The summed E-state index contributed by atoms with van der Waals surface area (Å²) in [5.41, 5.74) is 8.81. The zero-order chi connectivity index (χ0) is 27.5. The van der Waals surface area contributed by atoms with Crippen molar-refractivity contribution in [1.82, 2.24) is 25.0 Å². The molecule has 8 nitrogen and oxygen atoms in total. The van der Waals surface area contributed by atoms with Gasteiger partial charge in [0.2, 0.25) is 0 Å². The average molecular weight is 536 g/mol. The van der Waals surface area contributed by atoms with Gasteiger partial charge < -0.3 is 16.0 Å². The number of nitrogens with zero attached hydrogens (tertiary/aromatic N) is 4. The van der Waals surface area contributed by atoms with E-state index in [1.807, 2.05) is 42.1 Å². The van der Waals surface area contributed by atoms with Gasteiger partial charge in [-0.05, 0) is 74.7 Å². The van der Waals surface area contributed by atoms with Crippen molar-refractivity contribution in [2.75, 3.05) is 30.3 Å². The molecule has 40 heavy (non-hydrogen) atoms. The lowest BCUT2D eigenvalue weighted by Gasteiger charge is -2.16. The van der Waals surface area contributed by atoms with Gasteiger partial charge in [-0.15, -0.1) is 0 Å². The monoisotopic (exact) mass is 535 g/mol. The third kappa shape index (κ3) is 5.45. The van der Waals surface area contributed by atoms with E-state index in [1.54, 1.807) is 0 Å². The van der Waals surface area contributed by atoms with Gasteiger partial charge in [-0.3, -0.25) is 9.58 Å². The number of likely N-dealkylation sites (tertiary alicyclic amines) is 1. The highest BCUT2D eigenvalue weighted by Crippen LogP contribution is 2.41. The van der Waals surface area contributed by atoms with Crippen molar-refractivity contribution in [3.8, 4) is 22.4 Å². The number of anilines is 2. The molecule has 4 heterocycles. The van der Waals surface area contributed by atoms with Gasteiger partial charge in [0.1, 0.15) is 11.5 Å². The largest absolute Gasteiger partial charge is 0.363 e. The summed E-state index contributed by atoms with van der Waals surface area (Å²) >= 11 is 0. The standard InChI is InChI=1S/C32H37N7O/c1-3-33-32(40)35-25-13-11-24(12-14-25)30-28(21-39(4-2)37-30)26-15-16-34-31-27(26)19-29(36-31)23-9-7-22(8-10-23)20-38-17-5-6-18-38/h7-16,21,29H,3-6,17-20H2,1-2H3,(H,34,36)(H2,33,35,40). The molecule has 2 aromatic carbocycles. The number of urea groups is 1. The summed E-state index contributed by atoms with van der Waals surface area (Å²) in [6, 6.07) is 19.0. The summed E-state index contributed by atoms with van der Waals surface area (Å²) in [5, 5.41) is 14.2. The molecule has 3 N–H and O–H groups in total. The second-order valence-electron chi connectivity index (χ2n) is 10.6. The summed E-state index contributed by atoms with van der Waals surface area (Å²) in [6.07, 6.45) is 7.52. The highest BCUT2D eigenvalue weighted by atomic mass is 16.2. The molecule has 0 saturated carbocycles. The predicted octanol–water partition coefficient (Wildman–Crippen LogP) is 6.08. The van der Waals surface area contributed by atoms with Gasteiger partial charge in [-0.25, -0.2) is 9.78 Å². The molecule has 2 aromatic heterocycles. The first-order chi connectivity index (χ1) is 19.6. The topological polar surface area (TPSA) is 87.1 Å². The second-order valence-corrected chi connectivity index (χ2v) is 10.6. The van der Waals surface area contributed by atoms with Crippen LogP contribution >= 0.6 is 0 Å². The van der Waals surface area contributed by atoms with Crippen LogP contribution in [0.1, 0.15) is 49.4 Å². The Hall–Kier alpha value is -4.17. The minimum Gasteiger partial charge on any atom is -0.363 e. The number of rotatable bonds is 8. The Bertz CT molecular complexity index is 1470. The molecule has 206 valence electrons. The fourth-order valence-electron chi connectivity index (χ4n) is 5.79. The molecule has 2 aliphatic rings. The Labute approximate surface area is 235 Å². The van der Waals surface area contributed by atoms with Crippen LogP contribution < -0.4 is 16.0 Å². The molecule has 1 saturated heterocycles. The van der Waals surface area contributed by atoms with Crippen molar-refractivity contribution in [3.05, 3.63) is 83.7 Å². The van der Waals surface area contributed by atoms with Crippen LogP contribution in [0.2, 0.25) is 0 Å². The summed E-state index contributed by atoms with van der Waals surface area (Å²) in [7, 11) is 0. The van der Waals surface area contributed by atoms with Gasteiger partial charge >= 0.3 is 6.03 Å². The first kappa shape index (κ1) is 26.1. The summed E-state index contributed by atoms with van der Waals surface area (Å²) < 4.78 is 1.98. The number of hydrogen-bond donors (Lipinski definition) is 3. The first-order valence-corrected chi connectivity index (χ1v) is 14.4. The Morgan fingerprint density at radius 3 is 2.50 bits per heavy atom. The molecule has 0 spiro atoms. The van der Waals surface area contributed by atoms with E-state index < -0.39 is 0 Å². The molecule has 4 aromatic rings. The van der Waals surface area contributed by atoms with Crippen LogP contribution in [0, 0.1) is 0 Å². The average Bonchev–Trinajstić information content (AvgIpc) is 3.74. The number of nitrogens with one attached hydrogen (secondary N) is 3. The highest BCUT2D eigenvalue weighted by molar-refractivity contribution is 5.90. The number of hydrogen-bond acceptors (Lipinski definition) is 5. The fourth-order valence-corrected chi connectivity index (χ4v) is 5.79. The SMILES string of the molecule is CCNC(=O)Nc1ccc(-c2nn(CC)cc2-c2ccnc3c2CC(c2ccc(CN4CCCC4)cc2)N3)cc1. The summed E-state index contributed by atoms with van der Waals surface area (Å²) in [4.78, 5) is 19.2. The maximum atomic E-state index is 11.9. The third-order valence-electron chi connectivity index (χ3n) is 7.89. The zero-order valence-corrected chi connectivity index (χ0v) is 23.3. The fraction of sp³-hybridized carbons (Fsp3) is 0.344. The van der Waals surface area contributed by atoms with Crippen molar-refractivity contribution in [2.45, 2.75) is 52.2 Å². The lowest BCUT2D eigenvalue weighted by molar-refractivity contribution is 0.252. The minimum atomic E-state index is -0.207. The number of benzene rings is 2. The van der Waals surface area contributed by atoms with Crippen LogP contribution in [-0.2, 0) is 19.5 Å². The number of carbonyl (C=O) groups is 1. The van der Waals surface area contributed by atoms with E-state index in [0.717, 1.165) is 53.4 Å². The number of aryl methyl sites for hydroxylation is 1. The van der Waals surface area contributed by atoms with Gasteiger partial charge in [0.15, 0.2) is 0 Å². The number of carbonyl (C=O) groups excluding carboxylic acids is 1. The Morgan fingerprint density at radius 1 is 1.00 bits per heavy atom. The number of fused-ring (bicyclic) bond motifs is 1. The molecule has 0 aliphatic carbocycles. The second kappa shape index (κ2) is 11.5. The Kier molecular flexibility index (Phi) is 7.51. The van der Waals surface area contributed by atoms with Crippen molar-refractivity contribution in [1.29, 1.82) is 0 Å². The van der Waals surface area contributed by atoms with Gasteiger partial charge in [-0.1, -0.05) is 36.4 Å². The van der Waals surface area contributed by atoms with Crippen molar-refractivity contribution < 1.29 is 4.79 Å². The van der Waals surface area contributed by atoms with E-state index in [2.05, 4.69) is 64.3 Å². The number of pyridine rings is 1. The zero-order valence-electron chi connectivity index (χ0n) is 23.3. The molecule has 1 atom stereocenters. The first-order valence-electron chi connectivity index (χ1n) is 14.4. The molecule has 0 bridgehead atoms. The quantitative estimate of drug-likeness (QED) is 0.255. The Morgan fingerprint density at radius 2 is 1.77 bits per heavy atom. The van der Waals surface area contributed by atoms with E-state index in [0.29, 0.717) is 6.54 Å². The maximum Gasteiger partial charge on any atom is 0.319 e. The summed E-state index contributed by atoms with van der Waals surface area (Å²) in [6.45, 7) is 8.82. The highest BCUT2D eigenvalue weighted by Gasteiger charge is 2.28. The lowest BCUT2D eigenvalue weighted by atomic mass is 9.95. The molecule has 6 rings (SSSR count). The van der Waals surface area contributed by atoms with E-state index >= 15 is 0 Å². The molecular weight excluding hydrogens is 498 g/mol. The van der Waals surface area contributed by atoms with Crippen molar-refractivity contribution in [3.63, 3.8) is 0 Å². The van der Waals surface area contributed by atoms with Crippen LogP contribution in [-0.4, -0.2) is 45.3 Å². The van der Waals surface area contributed by atoms with Crippen LogP contribution in [0.3, 0.4) is 0 Å². The van der Waals surface area contributed by atoms with Gasteiger partial charge in [-0.2, -0.15) is 5.10 Å². The molecule has 8 heteroatoms. The molecule has 2 amide bonds. The normalized spacial score (nSPS) is 16.5. The third-order valence-corrected chi connectivity index (χ3v) is 7.89. The minimum absolute atomic E-state index is 0.189. The molecular formula is C32H37N7O. The summed E-state index contributed by atoms with van der Waals surface area (Å²) in [5.74, 6) is 0.945. The van der Waals surface area contributed by atoms with E-state index in [1.165, 1.54) is 42.6 Å². The molecule has 1 unspecified atom stereocenters. The molecule has 2 aliphatic heterocycles. The molecule has 0 radical (unpaired) electrons. The number of aromatic nitrogens is 3. The van der Waals surface area contributed by atoms with Crippen LogP contribution in [0.15, 0.2) is 67.0 Å². The van der Waals surface area contributed by atoms with Crippen LogP contribution in [0.25, 0.3) is 22.4 Å². The smallest absolute Gasteiger partial charge is 0.319 e. The Balaban J connectivity index is 1.24. The van der Waals surface area contributed by atoms with Gasteiger partial charge in [0.25, 0.3) is 0 Å². The van der Waals surface area contributed by atoms with Crippen molar-refractivity contribution >= 4 is 17.5 Å². The van der Waals surface area contributed by atoms with E-state index in [-0.39, 0.29) is 12.1 Å². The van der Waals surface area contributed by atoms with Crippen molar-refractivity contribution in [2.24, 2.45) is 0 Å². The van der Waals surface area contributed by atoms with Gasteiger partial charge in [0.05, 0.1) is 6.04 Å². The van der Waals surface area contributed by atoms with E-state index in [9.17, 15) is 4.79 Å². The number of amides is 2. The van der Waals surface area contributed by atoms with Gasteiger partial charge in [0, 0.05) is 60.8 Å². The predicted molar refractivity (Wildman–Crippen MR) is 160 cm³/mol. The molecule has 1 fully saturated rings. The van der Waals surface area contributed by atoms with Crippen LogP contribution in [0.4, 0.5) is 16.3 Å². The van der Waals surface area contributed by atoms with E-state index in [4.69, 9.17) is 10.1 Å².